The van der Waals surface area contributed by atoms with Gasteiger partial charge in [-0.2, -0.15) is 0 Å². The molecule has 0 aromatic heterocycles. The van der Waals surface area contributed by atoms with Crippen LogP contribution >= 0.6 is 0 Å². The maximum Gasteiger partial charge on any atom is 0.244 e. The highest BCUT2D eigenvalue weighted by molar-refractivity contribution is 7.90. The van der Waals surface area contributed by atoms with Crippen LogP contribution in [0.1, 0.15) is 12.8 Å². The lowest BCUT2D eigenvalue weighted by Gasteiger charge is -1.96. The molecular weight excluding hydrogens is 133 g/mol. The number of primary sulfonamides is 1. The molecule has 0 aromatic rings. The molecule has 0 amide bonds. The van der Waals surface area contributed by atoms with E-state index in [1.165, 1.54) is 0 Å². The first kappa shape index (κ1) is 5.97. The maximum atomic E-state index is 12.3. The van der Waals surface area contributed by atoms with Gasteiger partial charge in [0.25, 0.3) is 0 Å². The van der Waals surface area contributed by atoms with Crippen LogP contribution in [0, 0.1) is 0 Å². The Labute approximate surface area is 46.7 Å². The van der Waals surface area contributed by atoms with Crippen molar-refractivity contribution >= 4 is 10.0 Å². The van der Waals surface area contributed by atoms with Crippen molar-refractivity contribution in [3.05, 3.63) is 0 Å². The number of rotatable bonds is 1. The van der Waals surface area contributed by atoms with E-state index in [0.717, 1.165) is 0 Å². The van der Waals surface area contributed by atoms with Gasteiger partial charge >= 0.3 is 0 Å². The van der Waals surface area contributed by atoms with Crippen LogP contribution in [0.15, 0.2) is 0 Å². The summed E-state index contributed by atoms with van der Waals surface area (Å²) in [5, 5.41) is 2.41. The molecule has 5 heteroatoms. The van der Waals surface area contributed by atoms with Gasteiger partial charge in [0.05, 0.1) is 0 Å². The van der Waals surface area contributed by atoms with E-state index in [-0.39, 0.29) is 12.8 Å². The van der Waals surface area contributed by atoms with Crippen molar-refractivity contribution < 1.29 is 12.8 Å². The minimum absolute atomic E-state index is 0.0613. The summed E-state index contributed by atoms with van der Waals surface area (Å²) in [6, 6.07) is 0. The van der Waals surface area contributed by atoms with Crippen LogP contribution in [0.5, 0.6) is 0 Å². The number of hydrogen-bond acceptors (Lipinski definition) is 2. The minimum Gasteiger partial charge on any atom is -0.226 e. The summed E-state index contributed by atoms with van der Waals surface area (Å²) >= 11 is 0. The van der Waals surface area contributed by atoms with E-state index in [9.17, 15) is 12.8 Å². The summed E-state index contributed by atoms with van der Waals surface area (Å²) in [5.41, 5.74) is 0. The predicted molar refractivity (Wildman–Crippen MR) is 26.2 cm³/mol. The highest BCUT2D eigenvalue weighted by atomic mass is 32.2. The van der Waals surface area contributed by atoms with E-state index in [1.54, 1.807) is 0 Å². The SMILES string of the molecule is NS(=O)(=O)C1(F)CC1. The number of nitrogens with two attached hydrogens (primary N) is 1. The Morgan fingerprint density at radius 3 is 1.88 bits per heavy atom. The van der Waals surface area contributed by atoms with Crippen LogP contribution in [-0.2, 0) is 10.0 Å². The summed E-state index contributed by atoms with van der Waals surface area (Å²) in [6.07, 6.45) is 0.123. The van der Waals surface area contributed by atoms with E-state index in [4.69, 9.17) is 0 Å². The maximum absolute atomic E-state index is 12.3. The number of alkyl halides is 1. The van der Waals surface area contributed by atoms with E-state index >= 15 is 0 Å². The van der Waals surface area contributed by atoms with Crippen LogP contribution in [0.4, 0.5) is 4.39 Å². The molecule has 1 fully saturated rings. The second kappa shape index (κ2) is 1.22. The molecule has 0 saturated heterocycles. The fourth-order valence-corrected chi connectivity index (χ4v) is 1.05. The third-order valence-corrected chi connectivity index (χ3v) is 2.58. The Bertz CT molecular complexity index is 193. The van der Waals surface area contributed by atoms with Crippen molar-refractivity contribution in [2.24, 2.45) is 5.14 Å². The third-order valence-electron chi connectivity index (χ3n) is 1.15. The van der Waals surface area contributed by atoms with Gasteiger partial charge in [-0.15, -0.1) is 0 Å². The lowest BCUT2D eigenvalue weighted by Crippen LogP contribution is -2.25. The number of hydrogen-bond donors (Lipinski definition) is 1. The Balaban J connectivity index is 2.90. The van der Waals surface area contributed by atoms with Crippen LogP contribution in [0.2, 0.25) is 0 Å². The fraction of sp³-hybridized carbons (Fsp3) is 1.00. The lowest BCUT2D eigenvalue weighted by atomic mass is 10.9. The first-order chi connectivity index (χ1) is 3.46. The number of sulfonamides is 1. The summed E-state index contributed by atoms with van der Waals surface area (Å²) in [4.78, 5) is 0. The van der Waals surface area contributed by atoms with Crippen LogP contribution in [0.3, 0.4) is 0 Å². The van der Waals surface area contributed by atoms with Gasteiger partial charge in [0, 0.05) is 12.8 Å². The predicted octanol–water partition coefficient (Wildman–Crippen LogP) is -0.265. The second-order valence-electron chi connectivity index (χ2n) is 1.93. The zero-order chi connectivity index (χ0) is 6.41. The standard InChI is InChI=1S/C3H6FNO2S/c4-3(1-2-3)8(5,6)7/h1-2H2,(H2,5,6,7). The zero-order valence-corrected chi connectivity index (χ0v) is 4.91. The summed E-state index contributed by atoms with van der Waals surface area (Å²) in [6.45, 7) is 0. The fourth-order valence-electron chi connectivity index (χ4n) is 0.383. The molecule has 48 valence electrons. The normalized spacial score (nSPS) is 25.2. The summed E-state index contributed by atoms with van der Waals surface area (Å²) in [7, 11) is -3.90. The van der Waals surface area contributed by atoms with Gasteiger partial charge in [0.1, 0.15) is 0 Å². The average Bonchev–Trinajstić information content (AvgIpc) is 2.16. The molecule has 1 rings (SSSR count). The number of halogens is 1. The van der Waals surface area contributed by atoms with Gasteiger partial charge in [0.15, 0.2) is 0 Å². The Morgan fingerprint density at radius 1 is 1.50 bits per heavy atom. The highest BCUT2D eigenvalue weighted by Crippen LogP contribution is 2.43. The molecule has 0 spiro atoms. The van der Waals surface area contributed by atoms with Gasteiger partial charge in [0.2, 0.25) is 15.0 Å². The minimum atomic E-state index is -3.90. The Morgan fingerprint density at radius 2 is 1.88 bits per heavy atom. The quantitative estimate of drug-likeness (QED) is 0.543. The van der Waals surface area contributed by atoms with Crippen molar-refractivity contribution in [1.82, 2.24) is 0 Å². The highest BCUT2D eigenvalue weighted by Gasteiger charge is 2.54. The van der Waals surface area contributed by atoms with E-state index < -0.39 is 15.0 Å². The van der Waals surface area contributed by atoms with Gasteiger partial charge in [-0.25, -0.2) is 17.9 Å². The summed E-state index contributed by atoms with van der Waals surface area (Å²) in [5.74, 6) is 0. The molecule has 2 N–H and O–H groups in total. The van der Waals surface area contributed by atoms with Gasteiger partial charge < -0.3 is 0 Å². The first-order valence-electron chi connectivity index (χ1n) is 2.17. The second-order valence-corrected chi connectivity index (χ2v) is 3.75. The van der Waals surface area contributed by atoms with Crippen molar-refractivity contribution in [2.75, 3.05) is 0 Å². The van der Waals surface area contributed by atoms with Crippen LogP contribution < -0.4 is 5.14 Å². The first-order valence-corrected chi connectivity index (χ1v) is 3.72. The van der Waals surface area contributed by atoms with Crippen LogP contribution in [-0.4, -0.2) is 13.4 Å². The molecule has 8 heavy (non-hydrogen) atoms. The van der Waals surface area contributed by atoms with Gasteiger partial charge in [-0.05, 0) is 0 Å². The molecule has 1 saturated carbocycles. The van der Waals surface area contributed by atoms with E-state index in [0.29, 0.717) is 0 Å². The van der Waals surface area contributed by atoms with Crippen molar-refractivity contribution in [3.8, 4) is 0 Å². The van der Waals surface area contributed by atoms with Crippen molar-refractivity contribution in [1.29, 1.82) is 0 Å². The molecule has 0 heterocycles. The zero-order valence-electron chi connectivity index (χ0n) is 4.09. The molecule has 0 aliphatic heterocycles. The smallest absolute Gasteiger partial charge is 0.226 e. The third kappa shape index (κ3) is 0.714. The molecule has 0 atom stereocenters. The summed E-state index contributed by atoms with van der Waals surface area (Å²) < 4.78 is 32.5. The Hall–Kier alpha value is -0.160. The molecule has 1 aliphatic carbocycles. The Kier molecular flexibility index (Phi) is 0.908. The van der Waals surface area contributed by atoms with E-state index in [2.05, 4.69) is 5.14 Å². The monoisotopic (exact) mass is 139 g/mol. The molecule has 3 nitrogen and oxygen atoms in total. The molecule has 0 radical (unpaired) electrons. The molecule has 0 unspecified atom stereocenters. The molecular formula is C3H6FNO2S. The molecule has 0 aromatic carbocycles. The van der Waals surface area contributed by atoms with Crippen LogP contribution in [0.25, 0.3) is 0 Å². The lowest BCUT2D eigenvalue weighted by molar-refractivity contribution is 0.403. The van der Waals surface area contributed by atoms with Crippen molar-refractivity contribution in [2.45, 2.75) is 17.8 Å². The van der Waals surface area contributed by atoms with Gasteiger partial charge in [-0.1, -0.05) is 0 Å². The molecule has 0 bridgehead atoms. The topological polar surface area (TPSA) is 60.2 Å². The largest absolute Gasteiger partial charge is 0.244 e. The molecule has 1 aliphatic rings. The van der Waals surface area contributed by atoms with Crippen molar-refractivity contribution in [3.63, 3.8) is 0 Å². The van der Waals surface area contributed by atoms with E-state index in [1.807, 2.05) is 0 Å². The van der Waals surface area contributed by atoms with Gasteiger partial charge in [-0.3, -0.25) is 0 Å². The average molecular weight is 139 g/mol.